The topological polar surface area (TPSA) is 69.6 Å². The molecule has 0 bridgehead atoms. The van der Waals surface area contributed by atoms with Crippen molar-refractivity contribution in [2.24, 2.45) is 5.92 Å². The lowest BCUT2D eigenvalue weighted by molar-refractivity contribution is 0.0942. The number of hydrogen-bond acceptors (Lipinski definition) is 3. The van der Waals surface area contributed by atoms with Gasteiger partial charge in [-0.15, -0.1) is 0 Å². The number of phenolic OH excluding ortho intramolecular Hbond substituents is 1. The molecule has 0 aromatic heterocycles. The average molecular weight is 265 g/mol. The van der Waals surface area contributed by atoms with Gasteiger partial charge >= 0.3 is 0 Å². The third-order valence-corrected chi connectivity index (χ3v) is 3.11. The van der Waals surface area contributed by atoms with Crippen molar-refractivity contribution in [1.82, 2.24) is 5.32 Å². The van der Waals surface area contributed by atoms with Crippen molar-refractivity contribution in [3.05, 3.63) is 29.3 Å². The highest BCUT2D eigenvalue weighted by Crippen LogP contribution is 2.15. The normalized spacial score (nSPS) is 12.2. The Kier molecular flexibility index (Phi) is 6.36. The lowest BCUT2D eigenvalue weighted by Gasteiger charge is -2.15. The highest BCUT2D eigenvalue weighted by Gasteiger charge is 2.11. The fourth-order valence-corrected chi connectivity index (χ4v) is 2.17. The Bertz CT molecular complexity index is 392. The fourth-order valence-electron chi connectivity index (χ4n) is 2.17. The van der Waals surface area contributed by atoms with Crippen LogP contribution in [0.4, 0.5) is 0 Å². The molecule has 4 nitrogen and oxygen atoms in total. The molecule has 1 atom stereocenters. The number of carbonyl (C=O) groups excluding carboxylic acids is 1. The Hall–Kier alpha value is -1.55. The Morgan fingerprint density at radius 2 is 2.05 bits per heavy atom. The molecule has 0 saturated heterocycles. The minimum Gasteiger partial charge on any atom is -0.508 e. The van der Waals surface area contributed by atoms with E-state index < -0.39 is 0 Å². The van der Waals surface area contributed by atoms with Gasteiger partial charge < -0.3 is 15.5 Å². The van der Waals surface area contributed by atoms with Gasteiger partial charge in [-0.25, -0.2) is 0 Å². The zero-order valence-electron chi connectivity index (χ0n) is 11.6. The monoisotopic (exact) mass is 265 g/mol. The molecule has 106 valence electrons. The van der Waals surface area contributed by atoms with E-state index in [0.29, 0.717) is 24.4 Å². The maximum Gasteiger partial charge on any atom is 0.251 e. The molecule has 0 heterocycles. The molecular weight excluding hydrogens is 242 g/mol. The van der Waals surface area contributed by atoms with E-state index in [1.807, 2.05) is 6.92 Å². The molecule has 0 spiro atoms. The maximum atomic E-state index is 12.0. The van der Waals surface area contributed by atoms with E-state index in [4.69, 9.17) is 5.11 Å². The SMILES string of the molecule is CCCC(CCO)CNC(=O)c1cc(C)cc(O)c1. The summed E-state index contributed by atoms with van der Waals surface area (Å²) in [7, 11) is 0. The molecule has 19 heavy (non-hydrogen) atoms. The molecule has 0 aliphatic heterocycles. The summed E-state index contributed by atoms with van der Waals surface area (Å²) in [4.78, 5) is 12.0. The summed E-state index contributed by atoms with van der Waals surface area (Å²) in [6.07, 6.45) is 2.72. The Labute approximate surface area is 114 Å². The molecule has 0 radical (unpaired) electrons. The fraction of sp³-hybridized carbons (Fsp3) is 0.533. The van der Waals surface area contributed by atoms with Gasteiger partial charge in [-0.05, 0) is 49.4 Å². The molecule has 3 N–H and O–H groups in total. The number of hydrogen-bond donors (Lipinski definition) is 3. The van der Waals surface area contributed by atoms with Crippen LogP contribution in [-0.4, -0.2) is 29.3 Å². The van der Waals surface area contributed by atoms with Crippen LogP contribution >= 0.6 is 0 Å². The van der Waals surface area contributed by atoms with E-state index in [-0.39, 0.29) is 18.3 Å². The number of aliphatic hydroxyl groups excluding tert-OH is 1. The summed E-state index contributed by atoms with van der Waals surface area (Å²) in [6.45, 7) is 4.63. The van der Waals surface area contributed by atoms with Crippen molar-refractivity contribution in [1.29, 1.82) is 0 Å². The third kappa shape index (κ3) is 5.30. The predicted molar refractivity (Wildman–Crippen MR) is 75.3 cm³/mol. The van der Waals surface area contributed by atoms with Crippen molar-refractivity contribution in [2.75, 3.05) is 13.2 Å². The number of rotatable bonds is 7. The van der Waals surface area contributed by atoms with Gasteiger partial charge in [0, 0.05) is 18.7 Å². The highest BCUT2D eigenvalue weighted by molar-refractivity contribution is 5.94. The van der Waals surface area contributed by atoms with E-state index in [2.05, 4.69) is 12.2 Å². The number of benzene rings is 1. The smallest absolute Gasteiger partial charge is 0.251 e. The van der Waals surface area contributed by atoms with Crippen LogP contribution in [0.1, 0.15) is 42.1 Å². The second kappa shape index (κ2) is 7.79. The van der Waals surface area contributed by atoms with Gasteiger partial charge in [-0.3, -0.25) is 4.79 Å². The van der Waals surface area contributed by atoms with Gasteiger partial charge in [0.25, 0.3) is 5.91 Å². The first-order chi connectivity index (χ1) is 9.06. The number of amides is 1. The third-order valence-electron chi connectivity index (χ3n) is 3.11. The second-order valence-electron chi connectivity index (χ2n) is 4.93. The summed E-state index contributed by atoms with van der Waals surface area (Å²) in [5.74, 6) is 0.223. The van der Waals surface area contributed by atoms with Gasteiger partial charge in [0.05, 0.1) is 0 Å². The Morgan fingerprint density at radius 1 is 1.32 bits per heavy atom. The molecule has 1 amide bonds. The van der Waals surface area contributed by atoms with Gasteiger partial charge in [-0.1, -0.05) is 13.3 Å². The van der Waals surface area contributed by atoms with Crippen molar-refractivity contribution >= 4 is 5.91 Å². The van der Waals surface area contributed by atoms with Gasteiger partial charge in [0.15, 0.2) is 0 Å². The first-order valence-electron chi connectivity index (χ1n) is 6.76. The van der Waals surface area contributed by atoms with E-state index >= 15 is 0 Å². The number of aliphatic hydroxyl groups is 1. The molecule has 0 aliphatic rings. The predicted octanol–water partition coefficient (Wildman–Crippen LogP) is 2.23. The van der Waals surface area contributed by atoms with Crippen LogP contribution in [0.2, 0.25) is 0 Å². The van der Waals surface area contributed by atoms with Crippen LogP contribution in [0.5, 0.6) is 5.75 Å². The van der Waals surface area contributed by atoms with Gasteiger partial charge in [-0.2, -0.15) is 0 Å². The van der Waals surface area contributed by atoms with E-state index in [1.54, 1.807) is 12.1 Å². The molecule has 1 aromatic carbocycles. The molecule has 0 saturated carbocycles. The van der Waals surface area contributed by atoms with Crippen LogP contribution < -0.4 is 5.32 Å². The van der Waals surface area contributed by atoms with E-state index in [9.17, 15) is 9.90 Å². The summed E-state index contributed by atoms with van der Waals surface area (Å²) in [5, 5.41) is 21.3. The standard InChI is InChI=1S/C15H23NO3/c1-3-4-12(5-6-17)10-16-15(19)13-7-11(2)8-14(18)9-13/h7-9,12,17-18H,3-6,10H2,1-2H3,(H,16,19). The van der Waals surface area contributed by atoms with Crippen molar-refractivity contribution in [2.45, 2.75) is 33.1 Å². The van der Waals surface area contributed by atoms with Crippen molar-refractivity contribution in [3.8, 4) is 5.75 Å². The minimum atomic E-state index is -0.182. The van der Waals surface area contributed by atoms with Crippen molar-refractivity contribution in [3.63, 3.8) is 0 Å². The molecular formula is C15H23NO3. The molecule has 4 heteroatoms. The largest absolute Gasteiger partial charge is 0.508 e. The number of phenols is 1. The Balaban J connectivity index is 2.58. The molecule has 1 aromatic rings. The van der Waals surface area contributed by atoms with Crippen LogP contribution in [-0.2, 0) is 0 Å². The van der Waals surface area contributed by atoms with Crippen LogP contribution in [0.15, 0.2) is 18.2 Å². The van der Waals surface area contributed by atoms with Gasteiger partial charge in [0.1, 0.15) is 5.75 Å². The number of carbonyl (C=O) groups is 1. The summed E-state index contributed by atoms with van der Waals surface area (Å²) in [5.41, 5.74) is 1.32. The zero-order chi connectivity index (χ0) is 14.3. The maximum absolute atomic E-state index is 12.0. The number of aryl methyl sites for hydroxylation is 1. The first kappa shape index (κ1) is 15.5. The molecule has 1 unspecified atom stereocenters. The van der Waals surface area contributed by atoms with Crippen LogP contribution in [0, 0.1) is 12.8 Å². The summed E-state index contributed by atoms with van der Waals surface area (Å²) in [6, 6.07) is 4.82. The number of aromatic hydroxyl groups is 1. The van der Waals surface area contributed by atoms with Crippen LogP contribution in [0.25, 0.3) is 0 Å². The zero-order valence-corrected chi connectivity index (χ0v) is 11.6. The van der Waals surface area contributed by atoms with Crippen molar-refractivity contribution < 1.29 is 15.0 Å². The molecule has 0 fully saturated rings. The average Bonchev–Trinajstić information content (AvgIpc) is 2.35. The highest BCUT2D eigenvalue weighted by atomic mass is 16.3. The lowest BCUT2D eigenvalue weighted by Crippen LogP contribution is -2.29. The summed E-state index contributed by atoms with van der Waals surface area (Å²) >= 11 is 0. The molecule has 0 aliphatic carbocycles. The quantitative estimate of drug-likeness (QED) is 0.708. The minimum absolute atomic E-state index is 0.102. The summed E-state index contributed by atoms with van der Waals surface area (Å²) < 4.78 is 0. The van der Waals surface area contributed by atoms with E-state index in [0.717, 1.165) is 18.4 Å². The number of nitrogens with one attached hydrogen (secondary N) is 1. The van der Waals surface area contributed by atoms with E-state index in [1.165, 1.54) is 6.07 Å². The van der Waals surface area contributed by atoms with Gasteiger partial charge in [0.2, 0.25) is 0 Å². The first-order valence-corrected chi connectivity index (χ1v) is 6.76. The molecule has 1 rings (SSSR count). The lowest BCUT2D eigenvalue weighted by atomic mass is 10.00. The second-order valence-corrected chi connectivity index (χ2v) is 4.93. The Morgan fingerprint density at radius 3 is 2.63 bits per heavy atom. The van der Waals surface area contributed by atoms with Crippen LogP contribution in [0.3, 0.4) is 0 Å².